The van der Waals surface area contributed by atoms with E-state index in [9.17, 15) is 17.2 Å². The first-order valence-corrected chi connectivity index (χ1v) is 11.1. The van der Waals surface area contributed by atoms with Crippen molar-refractivity contribution in [3.8, 4) is 17.4 Å². The van der Waals surface area contributed by atoms with Crippen molar-refractivity contribution in [2.24, 2.45) is 0 Å². The second kappa shape index (κ2) is 8.78. The number of alkyl halides is 2. The third-order valence-corrected chi connectivity index (χ3v) is 6.28. The van der Waals surface area contributed by atoms with Gasteiger partial charge in [-0.1, -0.05) is 11.6 Å². The number of aromatic amines is 1. The van der Waals surface area contributed by atoms with Crippen LogP contribution in [-0.2, 0) is 16.4 Å². The summed E-state index contributed by atoms with van der Waals surface area (Å²) < 4.78 is 66.0. The van der Waals surface area contributed by atoms with Crippen LogP contribution in [0.25, 0.3) is 16.6 Å². The number of hydrogen-bond acceptors (Lipinski definition) is 8. The minimum Gasteiger partial charge on any atom is -0.481 e. The SMILES string of the molecule is COc1nc(NS(=O)(=O)c2c[nH]c3c(-n4cnnc4)c(Cl)ccc23)nc(OC)c1CC(F)F. The third kappa shape index (κ3) is 4.26. The second-order valence-electron chi connectivity index (χ2n) is 6.59. The highest BCUT2D eigenvalue weighted by Gasteiger charge is 2.25. The number of hydrogen-bond donors (Lipinski definition) is 2. The van der Waals surface area contributed by atoms with E-state index in [2.05, 4.69) is 29.9 Å². The Morgan fingerprint density at radius 2 is 1.79 bits per heavy atom. The zero-order valence-corrected chi connectivity index (χ0v) is 18.7. The van der Waals surface area contributed by atoms with Crippen LogP contribution in [0.1, 0.15) is 5.56 Å². The molecule has 4 aromatic rings. The number of rotatable bonds is 8. The van der Waals surface area contributed by atoms with E-state index in [0.29, 0.717) is 21.6 Å². The zero-order chi connectivity index (χ0) is 23.8. The third-order valence-electron chi connectivity index (χ3n) is 4.61. The van der Waals surface area contributed by atoms with Gasteiger partial charge in [-0.2, -0.15) is 9.97 Å². The van der Waals surface area contributed by atoms with Crippen molar-refractivity contribution in [3.05, 3.63) is 41.6 Å². The van der Waals surface area contributed by atoms with E-state index in [1.54, 1.807) is 0 Å². The smallest absolute Gasteiger partial charge is 0.266 e. The standard InChI is InChI=1S/C18H16ClF2N7O4S/c1-31-16-10(5-13(20)21)17(32-2)26-18(25-16)27-33(29,30)12-6-22-14-9(12)3-4-11(19)15(14)28-7-23-24-8-28/h3-4,6-8,13,22H,5H2,1-2H3,(H,25,26,27). The van der Waals surface area contributed by atoms with Crippen molar-refractivity contribution in [1.29, 1.82) is 0 Å². The van der Waals surface area contributed by atoms with Gasteiger partial charge in [-0.05, 0) is 12.1 Å². The molecule has 0 spiro atoms. The zero-order valence-electron chi connectivity index (χ0n) is 17.1. The first-order chi connectivity index (χ1) is 15.7. The van der Waals surface area contributed by atoms with Crippen molar-refractivity contribution in [2.45, 2.75) is 17.7 Å². The van der Waals surface area contributed by atoms with Crippen molar-refractivity contribution < 1.29 is 26.7 Å². The molecule has 0 saturated heterocycles. The van der Waals surface area contributed by atoms with E-state index in [4.69, 9.17) is 21.1 Å². The lowest BCUT2D eigenvalue weighted by Gasteiger charge is -2.14. The van der Waals surface area contributed by atoms with Gasteiger partial charge in [0.05, 0.1) is 36.0 Å². The van der Waals surface area contributed by atoms with Gasteiger partial charge in [-0.15, -0.1) is 10.2 Å². The Kier molecular flexibility index (Phi) is 6.03. The Morgan fingerprint density at radius 1 is 1.15 bits per heavy atom. The average molecular weight is 500 g/mol. The van der Waals surface area contributed by atoms with Crippen LogP contribution in [0, 0.1) is 0 Å². The van der Waals surface area contributed by atoms with Gasteiger partial charge in [0.2, 0.25) is 24.1 Å². The number of nitrogens with one attached hydrogen (secondary N) is 2. The van der Waals surface area contributed by atoms with Gasteiger partial charge in [0.15, 0.2) is 0 Å². The van der Waals surface area contributed by atoms with Crippen LogP contribution in [0.3, 0.4) is 0 Å². The number of methoxy groups -OCH3 is 2. The first-order valence-electron chi connectivity index (χ1n) is 9.19. The molecule has 0 amide bonds. The van der Waals surface area contributed by atoms with Crippen molar-refractivity contribution in [2.75, 3.05) is 18.9 Å². The fraction of sp³-hybridized carbons (Fsp3) is 0.222. The summed E-state index contributed by atoms with van der Waals surface area (Å²) in [6, 6.07) is 3.07. The van der Waals surface area contributed by atoms with Gasteiger partial charge in [-0.3, -0.25) is 4.57 Å². The Balaban J connectivity index is 1.77. The van der Waals surface area contributed by atoms with Crippen molar-refractivity contribution in [3.63, 3.8) is 0 Å². The lowest BCUT2D eigenvalue weighted by Crippen LogP contribution is -2.16. The second-order valence-corrected chi connectivity index (χ2v) is 8.64. The van der Waals surface area contributed by atoms with Gasteiger partial charge >= 0.3 is 0 Å². The molecule has 0 atom stereocenters. The molecule has 0 bridgehead atoms. The average Bonchev–Trinajstić information content (AvgIpc) is 3.44. The number of fused-ring (bicyclic) bond motifs is 1. The van der Waals surface area contributed by atoms with E-state index < -0.39 is 28.8 Å². The van der Waals surface area contributed by atoms with Crippen LogP contribution in [0.15, 0.2) is 35.9 Å². The highest BCUT2D eigenvalue weighted by Crippen LogP contribution is 2.34. The molecule has 3 aromatic heterocycles. The largest absolute Gasteiger partial charge is 0.481 e. The summed E-state index contributed by atoms with van der Waals surface area (Å²) in [5.41, 5.74) is 0.792. The predicted molar refractivity (Wildman–Crippen MR) is 114 cm³/mol. The highest BCUT2D eigenvalue weighted by atomic mass is 35.5. The first kappa shape index (κ1) is 22.7. The molecule has 0 fully saturated rings. The molecule has 0 aliphatic rings. The Hall–Kier alpha value is -3.52. The van der Waals surface area contributed by atoms with Gasteiger partial charge in [-0.25, -0.2) is 21.9 Å². The quantitative estimate of drug-likeness (QED) is 0.377. The number of sulfonamides is 1. The number of H-pyrrole nitrogens is 1. The van der Waals surface area contributed by atoms with E-state index >= 15 is 0 Å². The summed E-state index contributed by atoms with van der Waals surface area (Å²) in [5.74, 6) is -0.884. The van der Waals surface area contributed by atoms with Crippen molar-refractivity contribution in [1.82, 2.24) is 29.7 Å². The van der Waals surface area contributed by atoms with E-state index in [1.807, 2.05) is 0 Å². The number of anilines is 1. The predicted octanol–water partition coefficient (Wildman–Crippen LogP) is 2.82. The van der Waals surface area contributed by atoms with Crippen molar-refractivity contribution >= 4 is 38.5 Å². The van der Waals surface area contributed by atoms with Crippen LogP contribution in [0.4, 0.5) is 14.7 Å². The maximum Gasteiger partial charge on any atom is 0.266 e. The summed E-state index contributed by atoms with van der Waals surface area (Å²) in [6.45, 7) is 0. The highest BCUT2D eigenvalue weighted by molar-refractivity contribution is 7.93. The molecule has 3 heterocycles. The summed E-state index contributed by atoms with van der Waals surface area (Å²) >= 11 is 6.30. The number of ether oxygens (including phenoxy) is 2. The van der Waals surface area contributed by atoms with Crippen LogP contribution in [0.2, 0.25) is 5.02 Å². The molecule has 11 nitrogen and oxygen atoms in total. The molecule has 2 N–H and O–H groups in total. The molecule has 0 unspecified atom stereocenters. The maximum absolute atomic E-state index is 13.1. The van der Waals surface area contributed by atoms with Crippen LogP contribution >= 0.6 is 11.6 Å². The van der Waals surface area contributed by atoms with Gasteiger partial charge in [0.25, 0.3) is 10.0 Å². The minimum absolute atomic E-state index is 0.0849. The number of benzene rings is 1. The fourth-order valence-corrected chi connectivity index (χ4v) is 4.63. The molecule has 174 valence electrons. The fourth-order valence-electron chi connectivity index (χ4n) is 3.25. The molecule has 4 rings (SSSR count). The van der Waals surface area contributed by atoms with E-state index in [0.717, 1.165) is 0 Å². The van der Waals surface area contributed by atoms with Crippen LogP contribution in [0.5, 0.6) is 11.8 Å². The number of halogens is 3. The summed E-state index contributed by atoms with van der Waals surface area (Å²) in [5, 5.41) is 8.14. The molecular weight excluding hydrogens is 484 g/mol. The number of nitrogens with zero attached hydrogens (tertiary/aromatic N) is 5. The molecule has 0 radical (unpaired) electrons. The van der Waals surface area contributed by atoms with Crippen LogP contribution < -0.4 is 14.2 Å². The van der Waals surface area contributed by atoms with E-state index in [1.165, 1.54) is 49.8 Å². The Bertz CT molecular complexity index is 1390. The van der Waals surface area contributed by atoms with Gasteiger partial charge in [0, 0.05) is 18.0 Å². The molecule has 1 aromatic carbocycles. The van der Waals surface area contributed by atoms with Gasteiger partial charge in [0.1, 0.15) is 17.6 Å². The summed E-state index contributed by atoms with van der Waals surface area (Å²) in [7, 11) is -1.80. The van der Waals surface area contributed by atoms with Crippen LogP contribution in [-0.4, -0.2) is 58.8 Å². The number of aromatic nitrogens is 6. The molecule has 33 heavy (non-hydrogen) atoms. The normalized spacial score (nSPS) is 11.8. The van der Waals surface area contributed by atoms with E-state index in [-0.39, 0.29) is 22.2 Å². The monoisotopic (exact) mass is 499 g/mol. The Labute approximate surface area is 190 Å². The molecular formula is C18H16ClF2N7O4S. The molecule has 0 aliphatic heterocycles. The summed E-state index contributed by atoms with van der Waals surface area (Å²) in [4.78, 5) is 10.6. The minimum atomic E-state index is -4.23. The Morgan fingerprint density at radius 3 is 2.36 bits per heavy atom. The van der Waals surface area contributed by atoms with Gasteiger partial charge < -0.3 is 14.5 Å². The lowest BCUT2D eigenvalue weighted by atomic mass is 10.2. The maximum atomic E-state index is 13.1. The lowest BCUT2D eigenvalue weighted by molar-refractivity contribution is 0.146. The topological polar surface area (TPSA) is 137 Å². The molecule has 0 aliphatic carbocycles. The molecule has 15 heteroatoms. The summed E-state index contributed by atoms with van der Waals surface area (Å²) in [6.07, 6.45) is 0.672. The molecule has 0 saturated carbocycles.